The number of fused-ring (bicyclic) bond motifs is 1. The average molecular weight is 485 g/mol. The molecule has 0 aromatic heterocycles. The third-order valence-corrected chi connectivity index (χ3v) is 6.54. The minimum Gasteiger partial charge on any atom is -0.507 e. The number of hydrogen-bond acceptors (Lipinski definition) is 6. The molecule has 0 saturated carbocycles. The van der Waals surface area contributed by atoms with Gasteiger partial charge < -0.3 is 19.5 Å². The van der Waals surface area contributed by atoms with E-state index in [-0.39, 0.29) is 11.3 Å². The van der Waals surface area contributed by atoms with Gasteiger partial charge in [0, 0.05) is 18.3 Å². The Hall–Kier alpha value is -4.26. The van der Waals surface area contributed by atoms with Gasteiger partial charge >= 0.3 is 0 Å². The molecule has 3 aromatic carbocycles. The highest BCUT2D eigenvalue weighted by Gasteiger charge is 2.47. The topological polar surface area (TPSA) is 79.3 Å². The summed E-state index contributed by atoms with van der Waals surface area (Å²) in [6, 6.07) is 19.2. The first-order valence-electron chi connectivity index (χ1n) is 12.0. The zero-order valence-electron chi connectivity index (χ0n) is 20.5. The molecule has 2 aliphatic rings. The van der Waals surface area contributed by atoms with Crippen LogP contribution in [0.3, 0.4) is 0 Å². The molecule has 3 aromatic rings. The van der Waals surface area contributed by atoms with Crippen LogP contribution in [0.1, 0.15) is 29.7 Å². The molecule has 184 valence electrons. The maximum Gasteiger partial charge on any atom is 0.300 e. The fourth-order valence-electron chi connectivity index (χ4n) is 4.79. The normalized spacial score (nSPS) is 18.7. The number of carbonyl (C=O) groups is 2. The zero-order valence-corrected chi connectivity index (χ0v) is 20.5. The van der Waals surface area contributed by atoms with Gasteiger partial charge in [-0.3, -0.25) is 14.5 Å². The van der Waals surface area contributed by atoms with E-state index in [4.69, 9.17) is 9.47 Å². The smallest absolute Gasteiger partial charge is 0.300 e. The Morgan fingerprint density at radius 3 is 2.67 bits per heavy atom. The lowest BCUT2D eigenvalue weighted by Crippen LogP contribution is -2.29. The number of likely N-dealkylation sites (N-methyl/N-ethyl adjacent to an activating group) is 1. The van der Waals surface area contributed by atoms with Gasteiger partial charge in [0.15, 0.2) is 0 Å². The Bertz CT molecular complexity index is 1380. The summed E-state index contributed by atoms with van der Waals surface area (Å²) in [6.07, 6.45) is 0. The van der Waals surface area contributed by atoms with Gasteiger partial charge in [0.05, 0.1) is 30.5 Å². The molecule has 1 amide bonds. The number of aryl methyl sites for hydroxylation is 1. The van der Waals surface area contributed by atoms with E-state index < -0.39 is 17.7 Å². The van der Waals surface area contributed by atoms with E-state index >= 15 is 0 Å². The highest BCUT2D eigenvalue weighted by Crippen LogP contribution is 2.44. The Labute approximate surface area is 210 Å². The molecule has 1 fully saturated rings. The molecule has 0 aliphatic carbocycles. The third kappa shape index (κ3) is 4.06. The second kappa shape index (κ2) is 9.41. The van der Waals surface area contributed by atoms with Crippen molar-refractivity contribution in [2.75, 3.05) is 36.6 Å². The van der Waals surface area contributed by atoms with Gasteiger partial charge in [0.1, 0.15) is 23.9 Å². The molecule has 5 rings (SSSR count). The molecular formula is C29H28N2O5. The summed E-state index contributed by atoms with van der Waals surface area (Å²) in [5.41, 5.74) is 3.50. The fraction of sp³-hybridized carbons (Fsp3) is 0.241. The summed E-state index contributed by atoms with van der Waals surface area (Å²) in [5.74, 6) is -0.313. The second-order valence-electron chi connectivity index (χ2n) is 8.97. The van der Waals surface area contributed by atoms with Crippen LogP contribution in [0.2, 0.25) is 0 Å². The van der Waals surface area contributed by atoms with Gasteiger partial charge in [-0.25, -0.2) is 0 Å². The van der Waals surface area contributed by atoms with E-state index in [0.29, 0.717) is 48.1 Å². The molecule has 7 heteroatoms. The molecule has 1 unspecified atom stereocenters. The second-order valence-corrected chi connectivity index (χ2v) is 8.97. The van der Waals surface area contributed by atoms with Crippen molar-refractivity contribution in [3.63, 3.8) is 0 Å². The quantitative estimate of drug-likeness (QED) is 0.317. The number of rotatable bonds is 5. The molecule has 0 spiro atoms. The van der Waals surface area contributed by atoms with Crippen LogP contribution in [0.4, 0.5) is 11.4 Å². The molecule has 1 saturated heterocycles. The molecule has 36 heavy (non-hydrogen) atoms. The summed E-state index contributed by atoms with van der Waals surface area (Å²) in [6.45, 7) is 5.58. The Balaban J connectivity index is 1.70. The van der Waals surface area contributed by atoms with E-state index in [1.54, 1.807) is 24.3 Å². The Kier molecular flexibility index (Phi) is 6.14. The molecule has 2 heterocycles. The number of benzene rings is 3. The van der Waals surface area contributed by atoms with E-state index in [1.807, 2.05) is 68.3 Å². The minimum atomic E-state index is -0.822. The van der Waals surface area contributed by atoms with Crippen LogP contribution in [0, 0.1) is 6.92 Å². The van der Waals surface area contributed by atoms with Crippen molar-refractivity contribution >= 4 is 28.8 Å². The van der Waals surface area contributed by atoms with Crippen molar-refractivity contribution in [1.29, 1.82) is 0 Å². The van der Waals surface area contributed by atoms with Gasteiger partial charge in [-0.2, -0.15) is 0 Å². The number of ether oxygens (including phenoxy) is 2. The first-order chi connectivity index (χ1) is 17.4. The van der Waals surface area contributed by atoms with Crippen molar-refractivity contribution in [2.45, 2.75) is 19.9 Å². The highest BCUT2D eigenvalue weighted by atomic mass is 16.5. The van der Waals surface area contributed by atoms with Crippen molar-refractivity contribution in [3.8, 4) is 11.5 Å². The van der Waals surface area contributed by atoms with Crippen LogP contribution in [-0.4, -0.2) is 43.6 Å². The molecule has 0 radical (unpaired) electrons. The number of hydrogen-bond donors (Lipinski definition) is 1. The van der Waals surface area contributed by atoms with Gasteiger partial charge in [-0.1, -0.05) is 24.3 Å². The van der Waals surface area contributed by atoms with Crippen molar-refractivity contribution in [2.24, 2.45) is 0 Å². The number of carbonyl (C=O) groups excluding carboxylic acids is 2. The van der Waals surface area contributed by atoms with Crippen LogP contribution in [0.25, 0.3) is 5.76 Å². The molecule has 1 N–H and O–H groups in total. The number of ketones is 1. The van der Waals surface area contributed by atoms with Crippen molar-refractivity contribution < 1.29 is 24.2 Å². The summed E-state index contributed by atoms with van der Waals surface area (Å²) in [5, 5.41) is 11.5. The lowest BCUT2D eigenvalue weighted by Gasteiger charge is -2.28. The lowest BCUT2D eigenvalue weighted by atomic mass is 9.94. The molecular weight excluding hydrogens is 456 g/mol. The van der Waals surface area contributed by atoms with Crippen LogP contribution >= 0.6 is 0 Å². The zero-order chi connectivity index (χ0) is 25.4. The Morgan fingerprint density at radius 2 is 1.89 bits per heavy atom. The van der Waals surface area contributed by atoms with Gasteiger partial charge in [-0.05, 0) is 67.4 Å². The maximum atomic E-state index is 13.5. The number of aliphatic hydroxyl groups is 1. The molecule has 0 bridgehead atoms. The molecule has 2 aliphatic heterocycles. The fourth-order valence-corrected chi connectivity index (χ4v) is 4.79. The van der Waals surface area contributed by atoms with Crippen LogP contribution in [-0.2, 0) is 9.59 Å². The number of anilines is 2. The van der Waals surface area contributed by atoms with Gasteiger partial charge in [-0.15, -0.1) is 0 Å². The molecule has 7 nitrogen and oxygen atoms in total. The number of Topliss-reactive ketones (excluding diaryl/α,β-unsaturated/α-hetero) is 1. The van der Waals surface area contributed by atoms with E-state index in [1.165, 1.54) is 4.90 Å². The predicted molar refractivity (Wildman–Crippen MR) is 139 cm³/mol. The summed E-state index contributed by atoms with van der Waals surface area (Å²) in [4.78, 5) is 30.4. The van der Waals surface area contributed by atoms with E-state index in [0.717, 1.165) is 11.3 Å². The lowest BCUT2D eigenvalue weighted by molar-refractivity contribution is -0.132. The largest absolute Gasteiger partial charge is 0.507 e. The maximum absolute atomic E-state index is 13.5. The number of nitrogens with zero attached hydrogens (tertiary/aromatic N) is 2. The monoisotopic (exact) mass is 484 g/mol. The van der Waals surface area contributed by atoms with Gasteiger partial charge in [0.25, 0.3) is 11.7 Å². The summed E-state index contributed by atoms with van der Waals surface area (Å²) in [7, 11) is 1.95. The van der Waals surface area contributed by atoms with Gasteiger partial charge in [0.2, 0.25) is 0 Å². The average Bonchev–Trinajstić information content (AvgIpc) is 3.14. The van der Waals surface area contributed by atoms with Crippen molar-refractivity contribution in [1.82, 2.24) is 0 Å². The SMILES string of the molecule is CCOc1cccc(C2/C(=C(/O)c3ccc4c(c3)N(C)CCO4)C(=O)C(=O)N2c2cccc(C)c2)c1. The number of aliphatic hydroxyl groups excluding tert-OH is 1. The van der Waals surface area contributed by atoms with Crippen LogP contribution in [0.5, 0.6) is 11.5 Å². The first-order valence-corrected chi connectivity index (χ1v) is 12.0. The Morgan fingerprint density at radius 1 is 1.08 bits per heavy atom. The third-order valence-electron chi connectivity index (χ3n) is 6.54. The minimum absolute atomic E-state index is 0.0366. The van der Waals surface area contributed by atoms with Crippen molar-refractivity contribution in [3.05, 3.63) is 89.0 Å². The first kappa shape index (κ1) is 23.5. The van der Waals surface area contributed by atoms with E-state index in [9.17, 15) is 14.7 Å². The van der Waals surface area contributed by atoms with E-state index in [2.05, 4.69) is 0 Å². The summed E-state index contributed by atoms with van der Waals surface area (Å²) < 4.78 is 11.4. The number of amides is 1. The predicted octanol–water partition coefficient (Wildman–Crippen LogP) is 4.85. The van der Waals surface area contributed by atoms with Crippen LogP contribution < -0.4 is 19.3 Å². The summed E-state index contributed by atoms with van der Waals surface area (Å²) >= 11 is 0. The molecule has 1 atom stereocenters. The van der Waals surface area contributed by atoms with Crippen LogP contribution in [0.15, 0.2) is 72.3 Å². The highest BCUT2D eigenvalue weighted by molar-refractivity contribution is 6.51. The standard InChI is InChI=1S/C29H28N2O5/c1-4-35-22-10-6-8-19(16-22)26-25(28(33)29(34)31(26)21-9-5-7-18(2)15-21)27(32)20-11-12-24-23(17-20)30(3)13-14-36-24/h5-12,15-17,26,32H,4,13-14H2,1-3H3/b27-25-.